The number of sulfone groups is 1. The van der Waals surface area contributed by atoms with E-state index in [0.717, 1.165) is 17.7 Å². The fraction of sp³-hybridized carbons (Fsp3) is 0.389. The van der Waals surface area contributed by atoms with Gasteiger partial charge in [-0.25, -0.2) is 18.4 Å². The maximum atomic E-state index is 13.0. The van der Waals surface area contributed by atoms with Crippen molar-refractivity contribution in [2.24, 2.45) is 0 Å². The highest BCUT2D eigenvalue weighted by Crippen LogP contribution is 2.28. The zero-order valence-corrected chi connectivity index (χ0v) is 15.3. The summed E-state index contributed by atoms with van der Waals surface area (Å²) in [6, 6.07) is 9.32. The van der Waals surface area contributed by atoms with E-state index in [1.807, 2.05) is 24.3 Å². The molecule has 1 unspecified atom stereocenters. The van der Waals surface area contributed by atoms with Crippen molar-refractivity contribution in [2.75, 3.05) is 28.3 Å². The number of anilines is 2. The van der Waals surface area contributed by atoms with E-state index in [0.29, 0.717) is 30.3 Å². The van der Waals surface area contributed by atoms with Gasteiger partial charge in [-0.3, -0.25) is 4.79 Å². The second-order valence-electron chi connectivity index (χ2n) is 6.80. The standard InChI is InChI=1S/C18H20N4O3S/c1-12-10-15(17(23)22-8-6-13-4-2-3-5-16(13)22)21-18(19-12)20-14-7-9-26(24,25)11-14/h2-5,10,14H,6-9,11H2,1H3,(H,19,20,21). The molecular weight excluding hydrogens is 352 g/mol. The van der Waals surface area contributed by atoms with Crippen molar-refractivity contribution in [1.82, 2.24) is 9.97 Å². The van der Waals surface area contributed by atoms with E-state index >= 15 is 0 Å². The van der Waals surface area contributed by atoms with Gasteiger partial charge in [0.05, 0.1) is 11.5 Å². The summed E-state index contributed by atoms with van der Waals surface area (Å²) in [6.07, 6.45) is 1.36. The fourth-order valence-electron chi connectivity index (χ4n) is 3.52. The molecule has 1 N–H and O–H groups in total. The number of para-hydroxylation sites is 1. The highest BCUT2D eigenvalue weighted by atomic mass is 32.2. The number of benzene rings is 1. The van der Waals surface area contributed by atoms with E-state index in [1.54, 1.807) is 17.9 Å². The van der Waals surface area contributed by atoms with Crippen molar-refractivity contribution in [3.8, 4) is 0 Å². The first-order chi connectivity index (χ1) is 12.4. The molecule has 0 spiro atoms. The van der Waals surface area contributed by atoms with Crippen LogP contribution in [0.5, 0.6) is 0 Å². The van der Waals surface area contributed by atoms with Gasteiger partial charge in [0.25, 0.3) is 5.91 Å². The Morgan fingerprint density at radius 2 is 2.08 bits per heavy atom. The number of hydrogen-bond donors (Lipinski definition) is 1. The fourth-order valence-corrected chi connectivity index (χ4v) is 5.19. The summed E-state index contributed by atoms with van der Waals surface area (Å²) in [7, 11) is -2.99. The van der Waals surface area contributed by atoms with Crippen LogP contribution in [0.15, 0.2) is 30.3 Å². The van der Waals surface area contributed by atoms with Gasteiger partial charge < -0.3 is 10.2 Å². The van der Waals surface area contributed by atoms with E-state index in [1.165, 1.54) is 0 Å². The number of carbonyl (C=O) groups is 1. The molecular formula is C18H20N4O3S. The van der Waals surface area contributed by atoms with Crippen LogP contribution in [0.3, 0.4) is 0 Å². The predicted octanol–water partition coefficient (Wildman–Crippen LogP) is 1.59. The Kier molecular flexibility index (Phi) is 4.14. The molecule has 2 aliphatic rings. The van der Waals surface area contributed by atoms with Crippen LogP contribution < -0.4 is 10.2 Å². The first kappa shape index (κ1) is 17.0. The highest BCUT2D eigenvalue weighted by Gasteiger charge is 2.29. The minimum absolute atomic E-state index is 0.0765. The Labute approximate surface area is 152 Å². The smallest absolute Gasteiger partial charge is 0.277 e. The van der Waals surface area contributed by atoms with E-state index in [2.05, 4.69) is 15.3 Å². The molecule has 1 fully saturated rings. The molecule has 0 radical (unpaired) electrons. The molecule has 2 aliphatic heterocycles. The van der Waals surface area contributed by atoms with Gasteiger partial charge in [0.1, 0.15) is 5.69 Å². The lowest BCUT2D eigenvalue weighted by molar-refractivity contribution is 0.0984. The molecule has 0 aliphatic carbocycles. The molecule has 0 saturated carbocycles. The summed E-state index contributed by atoms with van der Waals surface area (Å²) in [5, 5.41) is 3.07. The number of hydrogen-bond acceptors (Lipinski definition) is 6. The SMILES string of the molecule is Cc1cc(C(=O)N2CCc3ccccc32)nc(NC2CCS(=O)(=O)C2)n1. The number of aryl methyl sites for hydroxylation is 1. The first-order valence-corrected chi connectivity index (χ1v) is 10.5. The largest absolute Gasteiger partial charge is 0.350 e. The van der Waals surface area contributed by atoms with Gasteiger partial charge in [-0.2, -0.15) is 0 Å². The summed E-state index contributed by atoms with van der Waals surface area (Å²) >= 11 is 0. The maximum absolute atomic E-state index is 13.0. The van der Waals surface area contributed by atoms with Crippen molar-refractivity contribution in [2.45, 2.75) is 25.8 Å². The first-order valence-electron chi connectivity index (χ1n) is 8.64. The quantitative estimate of drug-likeness (QED) is 0.880. The number of nitrogens with zero attached hydrogens (tertiary/aromatic N) is 3. The Morgan fingerprint density at radius 1 is 1.27 bits per heavy atom. The summed E-state index contributed by atoms with van der Waals surface area (Å²) in [4.78, 5) is 23.4. The molecule has 1 aromatic heterocycles. The molecule has 1 atom stereocenters. The molecule has 4 rings (SSSR count). The van der Waals surface area contributed by atoms with Gasteiger partial charge in [-0.05, 0) is 37.5 Å². The zero-order chi connectivity index (χ0) is 18.3. The number of aromatic nitrogens is 2. The van der Waals surface area contributed by atoms with Crippen LogP contribution in [-0.4, -0.2) is 48.4 Å². The van der Waals surface area contributed by atoms with Gasteiger partial charge >= 0.3 is 0 Å². The lowest BCUT2D eigenvalue weighted by Crippen LogP contribution is -2.30. The third-order valence-electron chi connectivity index (χ3n) is 4.77. The van der Waals surface area contributed by atoms with E-state index < -0.39 is 9.84 Å². The summed E-state index contributed by atoms with van der Waals surface area (Å²) < 4.78 is 23.2. The molecule has 3 heterocycles. The zero-order valence-electron chi connectivity index (χ0n) is 14.5. The molecule has 7 nitrogen and oxygen atoms in total. The third-order valence-corrected chi connectivity index (χ3v) is 6.54. The van der Waals surface area contributed by atoms with Crippen molar-refractivity contribution < 1.29 is 13.2 Å². The van der Waals surface area contributed by atoms with Gasteiger partial charge in [0.2, 0.25) is 5.95 Å². The normalized spacial score (nSPS) is 20.8. The highest BCUT2D eigenvalue weighted by molar-refractivity contribution is 7.91. The minimum atomic E-state index is -2.99. The van der Waals surface area contributed by atoms with E-state index in [-0.39, 0.29) is 23.5 Å². The molecule has 1 amide bonds. The van der Waals surface area contributed by atoms with Crippen LogP contribution in [0.25, 0.3) is 0 Å². The molecule has 8 heteroatoms. The van der Waals surface area contributed by atoms with Crippen LogP contribution in [0.1, 0.15) is 28.2 Å². The van der Waals surface area contributed by atoms with Crippen molar-refractivity contribution in [1.29, 1.82) is 0 Å². The van der Waals surface area contributed by atoms with Crippen molar-refractivity contribution in [3.05, 3.63) is 47.3 Å². The van der Waals surface area contributed by atoms with Crippen LogP contribution in [0.2, 0.25) is 0 Å². The van der Waals surface area contributed by atoms with E-state index in [9.17, 15) is 13.2 Å². The second-order valence-corrected chi connectivity index (χ2v) is 9.03. The lowest BCUT2D eigenvalue weighted by atomic mass is 10.2. The van der Waals surface area contributed by atoms with Crippen LogP contribution in [0, 0.1) is 6.92 Å². The van der Waals surface area contributed by atoms with Crippen molar-refractivity contribution in [3.63, 3.8) is 0 Å². The number of nitrogens with one attached hydrogen (secondary N) is 1. The molecule has 2 aromatic rings. The predicted molar refractivity (Wildman–Crippen MR) is 99.3 cm³/mol. The Morgan fingerprint density at radius 3 is 2.85 bits per heavy atom. The summed E-state index contributed by atoms with van der Waals surface area (Å²) in [5.41, 5.74) is 3.06. The summed E-state index contributed by atoms with van der Waals surface area (Å²) in [6.45, 7) is 2.43. The third kappa shape index (κ3) is 3.29. The van der Waals surface area contributed by atoms with Gasteiger partial charge in [-0.1, -0.05) is 18.2 Å². The number of amides is 1. The molecule has 136 valence electrons. The lowest BCUT2D eigenvalue weighted by Gasteiger charge is -2.18. The molecule has 1 aromatic carbocycles. The van der Waals surface area contributed by atoms with Gasteiger partial charge in [0.15, 0.2) is 9.84 Å². The van der Waals surface area contributed by atoms with Gasteiger partial charge in [0, 0.05) is 24.0 Å². The van der Waals surface area contributed by atoms with E-state index in [4.69, 9.17) is 0 Å². The number of fused-ring (bicyclic) bond motifs is 1. The number of rotatable bonds is 3. The molecule has 26 heavy (non-hydrogen) atoms. The summed E-state index contributed by atoms with van der Waals surface area (Å²) in [5.74, 6) is 0.394. The molecule has 0 bridgehead atoms. The topological polar surface area (TPSA) is 92.3 Å². The Bertz CT molecular complexity index is 974. The van der Waals surface area contributed by atoms with Crippen LogP contribution >= 0.6 is 0 Å². The number of carbonyl (C=O) groups excluding carboxylic acids is 1. The van der Waals surface area contributed by atoms with Crippen molar-refractivity contribution >= 4 is 27.4 Å². The maximum Gasteiger partial charge on any atom is 0.277 e. The monoisotopic (exact) mass is 372 g/mol. The average molecular weight is 372 g/mol. The second kappa shape index (κ2) is 6.35. The van der Waals surface area contributed by atoms with Crippen LogP contribution in [0.4, 0.5) is 11.6 Å². The Hall–Kier alpha value is -2.48. The average Bonchev–Trinajstić information content (AvgIpc) is 3.16. The van der Waals surface area contributed by atoms with Crippen LogP contribution in [-0.2, 0) is 16.3 Å². The minimum Gasteiger partial charge on any atom is -0.350 e. The Balaban J connectivity index is 1.58. The van der Waals surface area contributed by atoms with Gasteiger partial charge in [-0.15, -0.1) is 0 Å². The molecule has 1 saturated heterocycles.